The monoisotopic (exact) mass is 396 g/mol. The molecule has 0 unspecified atom stereocenters. The first kappa shape index (κ1) is 20.1. The second kappa shape index (κ2) is 10.0. The minimum Gasteiger partial charge on any atom is -0.357 e. The quantitative estimate of drug-likeness (QED) is 0.449. The number of benzene rings is 1. The highest BCUT2D eigenvalue weighted by atomic mass is 32.1. The van der Waals surface area contributed by atoms with Crippen LogP contribution in [0.5, 0.6) is 0 Å². The molecule has 0 fully saturated rings. The summed E-state index contributed by atoms with van der Waals surface area (Å²) in [6, 6.07) is 10.4. The van der Waals surface area contributed by atoms with Gasteiger partial charge in [0, 0.05) is 24.3 Å². The maximum Gasteiger partial charge on any atom is 0.191 e. The summed E-state index contributed by atoms with van der Waals surface area (Å²) in [6.07, 6.45) is 3.77. The van der Waals surface area contributed by atoms with Gasteiger partial charge in [0.05, 0.1) is 25.3 Å². The Morgan fingerprint density at radius 1 is 1.21 bits per heavy atom. The van der Waals surface area contributed by atoms with Crippen molar-refractivity contribution in [1.82, 2.24) is 25.4 Å². The third kappa shape index (κ3) is 5.92. The fraction of sp³-hybridized carbons (Fsp3) is 0.381. The molecule has 6 nitrogen and oxygen atoms in total. The molecule has 1 aromatic carbocycles. The minimum absolute atomic E-state index is 0.459. The molecule has 2 aromatic heterocycles. The van der Waals surface area contributed by atoms with Crippen LogP contribution in [0.4, 0.5) is 0 Å². The van der Waals surface area contributed by atoms with Gasteiger partial charge in [-0.1, -0.05) is 38.1 Å². The van der Waals surface area contributed by atoms with E-state index in [9.17, 15) is 0 Å². The molecule has 0 radical (unpaired) electrons. The lowest BCUT2D eigenvalue weighted by atomic mass is 10.1. The Hall–Kier alpha value is -2.67. The average Bonchev–Trinajstić information content (AvgIpc) is 3.36. The van der Waals surface area contributed by atoms with Gasteiger partial charge in [0.2, 0.25) is 0 Å². The van der Waals surface area contributed by atoms with E-state index in [0.717, 1.165) is 29.8 Å². The van der Waals surface area contributed by atoms with Crippen LogP contribution >= 0.6 is 11.3 Å². The highest BCUT2D eigenvalue weighted by Gasteiger charge is 2.06. The summed E-state index contributed by atoms with van der Waals surface area (Å²) in [4.78, 5) is 9.40. The van der Waals surface area contributed by atoms with Gasteiger partial charge < -0.3 is 10.6 Å². The number of nitrogens with one attached hydrogen (secondary N) is 2. The number of guanidine groups is 1. The Labute approximate surface area is 170 Å². The first-order valence-electron chi connectivity index (χ1n) is 9.65. The summed E-state index contributed by atoms with van der Waals surface area (Å²) < 4.78 is 1.92. The zero-order valence-corrected chi connectivity index (χ0v) is 17.5. The van der Waals surface area contributed by atoms with E-state index in [-0.39, 0.29) is 0 Å². The molecule has 0 atom stereocenters. The molecule has 0 aliphatic heterocycles. The predicted molar refractivity (Wildman–Crippen MR) is 116 cm³/mol. The molecule has 3 aromatic rings. The van der Waals surface area contributed by atoms with Crippen molar-refractivity contribution in [2.24, 2.45) is 4.99 Å². The van der Waals surface area contributed by atoms with Crippen molar-refractivity contribution < 1.29 is 0 Å². The lowest BCUT2D eigenvalue weighted by molar-refractivity contribution is 0.686. The average molecular weight is 397 g/mol. The van der Waals surface area contributed by atoms with Crippen LogP contribution in [-0.2, 0) is 19.6 Å². The molecule has 0 spiro atoms. The van der Waals surface area contributed by atoms with E-state index in [1.807, 2.05) is 16.9 Å². The van der Waals surface area contributed by atoms with Crippen molar-refractivity contribution in [1.29, 1.82) is 0 Å². The Morgan fingerprint density at radius 2 is 2.07 bits per heavy atom. The summed E-state index contributed by atoms with van der Waals surface area (Å²) in [7, 11) is 0. The molecule has 0 amide bonds. The van der Waals surface area contributed by atoms with Gasteiger partial charge in [-0.15, -0.1) is 11.3 Å². The normalized spacial score (nSPS) is 11.8. The van der Waals surface area contributed by atoms with E-state index >= 15 is 0 Å². The maximum absolute atomic E-state index is 4.73. The highest BCUT2D eigenvalue weighted by molar-refractivity contribution is 7.09. The zero-order chi connectivity index (χ0) is 19.8. The standard InChI is InChI=1S/C21H28N6S/c1-4-22-21(24-13-20-26-19(15-28-20)16(2)3)23-12-17-7-5-8-18(11-17)14-27-10-6-9-25-27/h5-11,15-16H,4,12-14H2,1-3H3,(H2,22,23,24). The SMILES string of the molecule is CCNC(=NCc1cccc(Cn2cccn2)c1)NCc1nc(C(C)C)cs1. The summed E-state index contributed by atoms with van der Waals surface area (Å²) >= 11 is 1.69. The van der Waals surface area contributed by atoms with Crippen LogP contribution in [0, 0.1) is 0 Å². The second-order valence-electron chi connectivity index (χ2n) is 6.89. The van der Waals surface area contributed by atoms with Gasteiger partial charge in [0.1, 0.15) is 5.01 Å². The smallest absolute Gasteiger partial charge is 0.191 e. The number of thiazole rings is 1. The summed E-state index contributed by atoms with van der Waals surface area (Å²) in [5.41, 5.74) is 3.55. The van der Waals surface area contributed by atoms with Crippen molar-refractivity contribution in [2.75, 3.05) is 6.54 Å². The van der Waals surface area contributed by atoms with Gasteiger partial charge >= 0.3 is 0 Å². The largest absolute Gasteiger partial charge is 0.357 e. The molecule has 148 valence electrons. The molecule has 0 bridgehead atoms. The Balaban J connectivity index is 1.60. The van der Waals surface area contributed by atoms with Crippen molar-refractivity contribution in [3.8, 4) is 0 Å². The van der Waals surface area contributed by atoms with Crippen molar-refractivity contribution >= 4 is 17.3 Å². The van der Waals surface area contributed by atoms with Crippen LogP contribution < -0.4 is 10.6 Å². The van der Waals surface area contributed by atoms with Gasteiger partial charge in [-0.2, -0.15) is 5.10 Å². The van der Waals surface area contributed by atoms with Gasteiger partial charge in [-0.05, 0) is 30.0 Å². The van der Waals surface area contributed by atoms with E-state index in [1.165, 1.54) is 11.1 Å². The highest BCUT2D eigenvalue weighted by Crippen LogP contribution is 2.17. The molecular formula is C21H28N6S. The maximum atomic E-state index is 4.73. The van der Waals surface area contributed by atoms with E-state index in [4.69, 9.17) is 4.99 Å². The third-order valence-corrected chi connectivity index (χ3v) is 5.09. The molecule has 0 aliphatic carbocycles. The predicted octanol–water partition coefficient (Wildman–Crippen LogP) is 3.77. The van der Waals surface area contributed by atoms with Crippen LogP contribution in [0.25, 0.3) is 0 Å². The molecule has 0 saturated heterocycles. The van der Waals surface area contributed by atoms with Crippen LogP contribution in [0.15, 0.2) is 53.1 Å². The van der Waals surface area contributed by atoms with Gasteiger partial charge in [-0.3, -0.25) is 4.68 Å². The van der Waals surface area contributed by atoms with E-state index in [0.29, 0.717) is 19.0 Å². The fourth-order valence-electron chi connectivity index (χ4n) is 2.75. The summed E-state index contributed by atoms with van der Waals surface area (Å²) in [5, 5.41) is 14.2. The first-order chi connectivity index (χ1) is 13.6. The van der Waals surface area contributed by atoms with Crippen LogP contribution in [0.1, 0.15) is 48.5 Å². The second-order valence-corrected chi connectivity index (χ2v) is 7.84. The molecule has 3 rings (SSSR count). The molecule has 7 heteroatoms. The van der Waals surface area contributed by atoms with Crippen molar-refractivity contribution in [3.63, 3.8) is 0 Å². The van der Waals surface area contributed by atoms with Crippen LogP contribution in [-0.4, -0.2) is 27.3 Å². The number of hydrogen-bond donors (Lipinski definition) is 2. The molecule has 28 heavy (non-hydrogen) atoms. The molecular weight excluding hydrogens is 368 g/mol. The van der Waals surface area contributed by atoms with Gasteiger partial charge in [0.15, 0.2) is 5.96 Å². The Kier molecular flexibility index (Phi) is 7.19. The van der Waals surface area contributed by atoms with Gasteiger partial charge in [-0.25, -0.2) is 9.98 Å². The molecule has 2 heterocycles. The topological polar surface area (TPSA) is 67.1 Å². The zero-order valence-electron chi connectivity index (χ0n) is 16.7. The lowest BCUT2D eigenvalue weighted by Gasteiger charge is -2.10. The van der Waals surface area contributed by atoms with E-state index in [2.05, 4.69) is 71.1 Å². The summed E-state index contributed by atoms with van der Waals surface area (Å²) in [6.45, 7) is 9.30. The lowest BCUT2D eigenvalue weighted by Crippen LogP contribution is -2.36. The molecule has 2 N–H and O–H groups in total. The number of rotatable bonds is 8. The minimum atomic E-state index is 0.459. The van der Waals surface area contributed by atoms with Crippen LogP contribution in [0.3, 0.4) is 0 Å². The number of nitrogens with zero attached hydrogens (tertiary/aromatic N) is 4. The fourth-order valence-corrected chi connectivity index (χ4v) is 3.65. The van der Waals surface area contributed by atoms with Gasteiger partial charge in [0.25, 0.3) is 0 Å². The number of aromatic nitrogens is 3. The van der Waals surface area contributed by atoms with Crippen molar-refractivity contribution in [3.05, 3.63) is 69.9 Å². The summed E-state index contributed by atoms with van der Waals surface area (Å²) in [5.74, 6) is 1.27. The third-order valence-electron chi connectivity index (χ3n) is 4.23. The van der Waals surface area contributed by atoms with E-state index < -0.39 is 0 Å². The Bertz CT molecular complexity index is 882. The molecule has 0 aliphatic rings. The number of aliphatic imine (C=N–C) groups is 1. The molecule has 0 saturated carbocycles. The van der Waals surface area contributed by atoms with Crippen molar-refractivity contribution in [2.45, 2.75) is 46.3 Å². The van der Waals surface area contributed by atoms with E-state index in [1.54, 1.807) is 17.5 Å². The number of hydrogen-bond acceptors (Lipinski definition) is 4. The Morgan fingerprint density at radius 3 is 2.79 bits per heavy atom. The first-order valence-corrected chi connectivity index (χ1v) is 10.5. The van der Waals surface area contributed by atoms with Crippen LogP contribution in [0.2, 0.25) is 0 Å².